The van der Waals surface area contributed by atoms with Crippen molar-refractivity contribution in [3.05, 3.63) is 34.9 Å². The molecule has 1 aliphatic heterocycles. The first kappa shape index (κ1) is 15.8. The minimum Gasteiger partial charge on any atom is -0.371 e. The van der Waals surface area contributed by atoms with Crippen LogP contribution in [0, 0.1) is 0 Å². The van der Waals surface area contributed by atoms with Crippen LogP contribution in [0.2, 0.25) is 5.02 Å². The van der Waals surface area contributed by atoms with E-state index in [-0.39, 0.29) is 18.7 Å². The van der Waals surface area contributed by atoms with Gasteiger partial charge in [-0.15, -0.1) is 0 Å². The van der Waals surface area contributed by atoms with Gasteiger partial charge in [-0.1, -0.05) is 29.8 Å². The van der Waals surface area contributed by atoms with Crippen LogP contribution in [0.3, 0.4) is 0 Å². The summed E-state index contributed by atoms with van der Waals surface area (Å²) < 4.78 is 5.80. The lowest BCUT2D eigenvalue weighted by Crippen LogP contribution is -2.50. The predicted octanol–water partition coefficient (Wildman–Crippen LogP) is 1.30. The number of nitrogens with zero attached hydrogens (tertiary/aromatic N) is 1. The Kier molecular flexibility index (Phi) is 5.17. The molecule has 0 aromatic heterocycles. The molecule has 0 unspecified atom stereocenters. The molecule has 6 nitrogen and oxygen atoms in total. The molecule has 0 aliphatic carbocycles. The molecule has 0 spiro atoms. The van der Waals surface area contributed by atoms with Gasteiger partial charge in [0.2, 0.25) is 5.91 Å². The molecule has 3 N–H and O–H groups in total. The van der Waals surface area contributed by atoms with Crippen LogP contribution in [0.1, 0.15) is 18.6 Å². The number of morpholine rings is 1. The number of imide groups is 1. The van der Waals surface area contributed by atoms with E-state index < -0.39 is 11.9 Å². The second-order valence-electron chi connectivity index (χ2n) is 5.03. The van der Waals surface area contributed by atoms with Crippen molar-refractivity contribution in [3.8, 4) is 0 Å². The molecule has 0 radical (unpaired) electrons. The fourth-order valence-corrected chi connectivity index (χ4v) is 2.57. The Labute approximate surface area is 128 Å². The van der Waals surface area contributed by atoms with Gasteiger partial charge in [0, 0.05) is 23.2 Å². The molecular formula is C14H18ClN3O3. The van der Waals surface area contributed by atoms with E-state index in [0.29, 0.717) is 18.2 Å². The van der Waals surface area contributed by atoms with Gasteiger partial charge in [0.1, 0.15) is 0 Å². The zero-order valence-corrected chi connectivity index (χ0v) is 12.5. The molecule has 1 aromatic carbocycles. The lowest BCUT2D eigenvalue weighted by molar-refractivity contribution is -0.125. The third-order valence-corrected chi connectivity index (χ3v) is 3.77. The van der Waals surface area contributed by atoms with E-state index in [1.54, 1.807) is 0 Å². The average Bonchev–Trinajstić information content (AvgIpc) is 2.41. The summed E-state index contributed by atoms with van der Waals surface area (Å²) in [6, 6.07) is 6.70. The largest absolute Gasteiger partial charge is 0.371 e. The molecule has 1 aromatic rings. The topological polar surface area (TPSA) is 84.7 Å². The number of nitrogens with two attached hydrogens (primary N) is 1. The number of halogens is 1. The summed E-state index contributed by atoms with van der Waals surface area (Å²) in [5.41, 5.74) is 5.83. The van der Waals surface area contributed by atoms with E-state index >= 15 is 0 Å². The molecule has 1 aliphatic rings. The Bertz CT molecular complexity index is 538. The summed E-state index contributed by atoms with van der Waals surface area (Å²) in [5.74, 6) is -0.422. The summed E-state index contributed by atoms with van der Waals surface area (Å²) in [5, 5.41) is 2.71. The number of ether oxygens (including phenoxy) is 1. The Hall–Kier alpha value is -1.63. The number of benzene rings is 1. The number of nitrogens with one attached hydrogen (secondary N) is 1. The van der Waals surface area contributed by atoms with Crippen molar-refractivity contribution in [2.75, 3.05) is 19.7 Å². The van der Waals surface area contributed by atoms with Gasteiger partial charge in [-0.3, -0.25) is 15.0 Å². The molecule has 0 bridgehead atoms. The molecule has 2 atom stereocenters. The van der Waals surface area contributed by atoms with Crippen molar-refractivity contribution in [1.82, 2.24) is 10.2 Å². The fraction of sp³-hybridized carbons (Fsp3) is 0.429. The first-order chi connectivity index (χ1) is 9.97. The zero-order chi connectivity index (χ0) is 15.4. The Morgan fingerprint density at radius 1 is 1.48 bits per heavy atom. The van der Waals surface area contributed by atoms with Crippen molar-refractivity contribution in [2.24, 2.45) is 5.73 Å². The molecule has 3 amide bonds. The Morgan fingerprint density at radius 2 is 2.19 bits per heavy atom. The number of hydrogen-bond donors (Lipinski definition) is 2. The molecule has 1 fully saturated rings. The van der Waals surface area contributed by atoms with Crippen LogP contribution in [0.5, 0.6) is 0 Å². The van der Waals surface area contributed by atoms with Gasteiger partial charge in [0.25, 0.3) is 0 Å². The summed E-state index contributed by atoms with van der Waals surface area (Å²) in [6.07, 6.45) is -0.198. The van der Waals surface area contributed by atoms with Crippen LogP contribution < -0.4 is 11.1 Å². The molecule has 21 heavy (non-hydrogen) atoms. The van der Waals surface area contributed by atoms with E-state index in [9.17, 15) is 9.59 Å². The van der Waals surface area contributed by atoms with Gasteiger partial charge in [-0.25, -0.2) is 4.79 Å². The van der Waals surface area contributed by atoms with Crippen LogP contribution in [0.4, 0.5) is 4.79 Å². The zero-order valence-electron chi connectivity index (χ0n) is 11.7. The van der Waals surface area contributed by atoms with E-state index in [4.69, 9.17) is 22.1 Å². The van der Waals surface area contributed by atoms with E-state index in [1.807, 2.05) is 36.1 Å². The summed E-state index contributed by atoms with van der Waals surface area (Å²) >= 11 is 6.18. The molecule has 0 saturated carbocycles. The summed E-state index contributed by atoms with van der Waals surface area (Å²) in [6.45, 7) is 3.06. The van der Waals surface area contributed by atoms with E-state index in [0.717, 1.165) is 5.56 Å². The normalized spacial score (nSPS) is 22.8. The average molecular weight is 312 g/mol. The van der Waals surface area contributed by atoms with Crippen molar-refractivity contribution in [2.45, 2.75) is 19.1 Å². The van der Waals surface area contributed by atoms with Crippen LogP contribution in [0.15, 0.2) is 24.3 Å². The van der Waals surface area contributed by atoms with E-state index in [1.165, 1.54) is 0 Å². The quantitative estimate of drug-likeness (QED) is 0.881. The lowest BCUT2D eigenvalue weighted by atomic mass is 10.1. The molecule has 114 valence electrons. The van der Waals surface area contributed by atoms with Crippen LogP contribution in [0.25, 0.3) is 0 Å². The summed E-state index contributed by atoms with van der Waals surface area (Å²) in [4.78, 5) is 24.3. The van der Waals surface area contributed by atoms with Gasteiger partial charge in [-0.2, -0.15) is 0 Å². The third-order valence-electron chi connectivity index (χ3n) is 3.42. The van der Waals surface area contributed by atoms with Crippen molar-refractivity contribution < 1.29 is 14.3 Å². The number of carbonyl (C=O) groups is 2. The molecule has 2 rings (SSSR count). The summed E-state index contributed by atoms with van der Waals surface area (Å²) in [7, 11) is 0. The third kappa shape index (κ3) is 4.17. The van der Waals surface area contributed by atoms with Crippen LogP contribution in [-0.4, -0.2) is 42.6 Å². The molecule has 7 heteroatoms. The van der Waals surface area contributed by atoms with Crippen LogP contribution >= 0.6 is 11.6 Å². The van der Waals surface area contributed by atoms with Crippen molar-refractivity contribution in [3.63, 3.8) is 0 Å². The highest BCUT2D eigenvalue weighted by atomic mass is 35.5. The van der Waals surface area contributed by atoms with E-state index in [2.05, 4.69) is 5.32 Å². The van der Waals surface area contributed by atoms with Gasteiger partial charge in [0.05, 0.1) is 19.3 Å². The molecular weight excluding hydrogens is 294 g/mol. The SMILES string of the molecule is C[C@@H]1CO[C@H](c2ccccc2Cl)CN1CC(=O)NC(N)=O. The van der Waals surface area contributed by atoms with Gasteiger partial charge >= 0.3 is 6.03 Å². The Balaban J connectivity index is 2.04. The fourth-order valence-electron chi connectivity index (χ4n) is 2.31. The predicted molar refractivity (Wildman–Crippen MR) is 78.9 cm³/mol. The first-order valence-electron chi connectivity index (χ1n) is 6.66. The lowest BCUT2D eigenvalue weighted by Gasteiger charge is -2.37. The second-order valence-corrected chi connectivity index (χ2v) is 5.44. The number of hydrogen-bond acceptors (Lipinski definition) is 4. The first-order valence-corrected chi connectivity index (χ1v) is 7.04. The monoisotopic (exact) mass is 311 g/mol. The minimum atomic E-state index is -0.844. The molecule has 1 heterocycles. The number of carbonyl (C=O) groups excluding carboxylic acids is 2. The molecule has 1 saturated heterocycles. The van der Waals surface area contributed by atoms with Crippen molar-refractivity contribution in [1.29, 1.82) is 0 Å². The van der Waals surface area contributed by atoms with Gasteiger partial charge in [-0.05, 0) is 13.0 Å². The maximum Gasteiger partial charge on any atom is 0.318 e. The highest BCUT2D eigenvalue weighted by Gasteiger charge is 2.29. The second kappa shape index (κ2) is 6.89. The maximum absolute atomic E-state index is 11.7. The number of primary amides is 1. The minimum absolute atomic E-state index is 0.0716. The highest BCUT2D eigenvalue weighted by molar-refractivity contribution is 6.31. The van der Waals surface area contributed by atoms with Gasteiger partial charge < -0.3 is 10.5 Å². The standard InChI is InChI=1S/C14H18ClN3O3/c1-9-8-21-12(10-4-2-3-5-11(10)15)6-18(9)7-13(19)17-14(16)20/h2-5,9,12H,6-8H2,1H3,(H3,16,17,19,20)/t9-,12+/m1/s1. The maximum atomic E-state index is 11.7. The highest BCUT2D eigenvalue weighted by Crippen LogP contribution is 2.29. The Morgan fingerprint density at radius 3 is 2.86 bits per heavy atom. The van der Waals surface area contributed by atoms with Crippen LogP contribution in [-0.2, 0) is 9.53 Å². The number of amides is 3. The number of rotatable bonds is 3. The van der Waals surface area contributed by atoms with Crippen molar-refractivity contribution >= 4 is 23.5 Å². The van der Waals surface area contributed by atoms with Gasteiger partial charge in [0.15, 0.2) is 0 Å². The smallest absolute Gasteiger partial charge is 0.318 e. The number of urea groups is 1.